The molecule has 0 amide bonds. The second-order valence-electron chi connectivity index (χ2n) is 9.94. The van der Waals surface area contributed by atoms with Crippen molar-refractivity contribution in [3.8, 4) is 0 Å². The van der Waals surface area contributed by atoms with Gasteiger partial charge < -0.3 is 0 Å². The van der Waals surface area contributed by atoms with Crippen LogP contribution in [0.5, 0.6) is 0 Å². The molecular formula is C25H33Br. The van der Waals surface area contributed by atoms with Gasteiger partial charge in [0, 0.05) is 5.33 Å². The molecule has 0 N–H and O–H groups in total. The van der Waals surface area contributed by atoms with Crippen molar-refractivity contribution >= 4 is 15.9 Å². The van der Waals surface area contributed by atoms with E-state index in [4.69, 9.17) is 0 Å². The third-order valence-electron chi connectivity index (χ3n) is 5.72. The second kappa shape index (κ2) is 7.15. The normalized spacial score (nSPS) is 15.0. The smallest absolute Gasteiger partial charge is 0.0288 e. The molecule has 0 atom stereocenters. The van der Waals surface area contributed by atoms with Crippen LogP contribution in [0.25, 0.3) is 0 Å². The lowest BCUT2D eigenvalue weighted by Gasteiger charge is -2.26. The van der Waals surface area contributed by atoms with Gasteiger partial charge in [-0.2, -0.15) is 0 Å². The molecule has 2 aromatic carbocycles. The highest BCUT2D eigenvalue weighted by Gasteiger charge is 2.21. The first kappa shape index (κ1) is 19.7. The average Bonchev–Trinajstić information content (AvgIpc) is 2.55. The summed E-state index contributed by atoms with van der Waals surface area (Å²) in [4.78, 5) is 0. The molecule has 0 saturated heterocycles. The minimum absolute atomic E-state index is 0.201. The maximum Gasteiger partial charge on any atom is 0.0288 e. The van der Waals surface area contributed by atoms with Gasteiger partial charge >= 0.3 is 0 Å². The van der Waals surface area contributed by atoms with Crippen LogP contribution in [0.4, 0.5) is 0 Å². The quantitative estimate of drug-likeness (QED) is 0.439. The average molecular weight is 413 g/mol. The summed E-state index contributed by atoms with van der Waals surface area (Å²) in [7, 11) is 0. The standard InChI is InChI=1S/C25H33Br/c1-24(2,3)21-12-17-7-9-19-14-22(25(4,5)6)15-20(23(19)16-26)10-8-18(11-17)13-21/h11-15H,7-10,16H2,1-6H3. The summed E-state index contributed by atoms with van der Waals surface area (Å²) in [5.41, 5.74) is 11.0. The molecule has 0 nitrogen and oxygen atoms in total. The fourth-order valence-electron chi connectivity index (χ4n) is 3.89. The zero-order valence-corrected chi connectivity index (χ0v) is 18.9. The van der Waals surface area contributed by atoms with E-state index in [1.165, 1.54) is 38.9 Å². The zero-order valence-electron chi connectivity index (χ0n) is 17.3. The Morgan fingerprint density at radius 2 is 1.08 bits per heavy atom. The summed E-state index contributed by atoms with van der Waals surface area (Å²) in [6, 6.07) is 12.3. The Balaban J connectivity index is 2.08. The van der Waals surface area contributed by atoms with Crippen molar-refractivity contribution in [1.82, 2.24) is 0 Å². The Morgan fingerprint density at radius 3 is 1.46 bits per heavy atom. The molecule has 0 saturated carbocycles. The van der Waals surface area contributed by atoms with Gasteiger partial charge in [0.2, 0.25) is 0 Å². The first-order valence-corrected chi connectivity index (χ1v) is 11.0. The first-order chi connectivity index (χ1) is 12.1. The van der Waals surface area contributed by atoms with Crippen LogP contribution < -0.4 is 0 Å². The van der Waals surface area contributed by atoms with Crippen molar-refractivity contribution in [2.75, 3.05) is 0 Å². The summed E-state index contributed by atoms with van der Waals surface area (Å²) in [5.74, 6) is 0. The van der Waals surface area contributed by atoms with Crippen LogP contribution in [-0.2, 0) is 41.8 Å². The molecule has 1 heteroatoms. The van der Waals surface area contributed by atoms with Crippen molar-refractivity contribution in [1.29, 1.82) is 0 Å². The number of hydrogen-bond acceptors (Lipinski definition) is 0. The lowest BCUT2D eigenvalue weighted by Crippen LogP contribution is -2.16. The molecule has 3 rings (SSSR count). The van der Waals surface area contributed by atoms with Crippen LogP contribution in [-0.4, -0.2) is 0 Å². The fraction of sp³-hybridized carbons (Fsp3) is 0.520. The molecule has 4 bridgehead atoms. The molecule has 0 unspecified atom stereocenters. The third-order valence-corrected chi connectivity index (χ3v) is 6.28. The Hall–Kier alpha value is -1.08. The van der Waals surface area contributed by atoms with Gasteiger partial charge in [0.05, 0.1) is 0 Å². The lowest BCUT2D eigenvalue weighted by molar-refractivity contribution is 0.585. The van der Waals surface area contributed by atoms with Gasteiger partial charge in [-0.1, -0.05) is 87.8 Å². The fourth-order valence-corrected chi connectivity index (χ4v) is 4.61. The van der Waals surface area contributed by atoms with Crippen molar-refractivity contribution in [2.45, 2.75) is 83.4 Å². The summed E-state index contributed by atoms with van der Waals surface area (Å²) in [5, 5.41) is 0.962. The van der Waals surface area contributed by atoms with E-state index in [2.05, 4.69) is 87.8 Å². The summed E-state index contributed by atoms with van der Waals surface area (Å²) >= 11 is 3.77. The van der Waals surface area contributed by atoms with E-state index in [0.717, 1.165) is 31.0 Å². The minimum atomic E-state index is 0.201. The molecule has 0 fully saturated rings. The summed E-state index contributed by atoms with van der Waals surface area (Å²) < 4.78 is 0. The third kappa shape index (κ3) is 4.25. The Bertz CT molecular complexity index is 753. The number of benzene rings is 2. The highest BCUT2D eigenvalue weighted by Crippen LogP contribution is 2.32. The number of halogens is 1. The Labute approximate surface area is 168 Å². The molecule has 1 aliphatic carbocycles. The molecule has 0 heterocycles. The van der Waals surface area contributed by atoms with Crippen LogP contribution in [0, 0.1) is 0 Å². The van der Waals surface area contributed by atoms with E-state index < -0.39 is 0 Å². The van der Waals surface area contributed by atoms with Gasteiger partial charge in [-0.15, -0.1) is 0 Å². The van der Waals surface area contributed by atoms with Gasteiger partial charge in [-0.3, -0.25) is 0 Å². The van der Waals surface area contributed by atoms with E-state index in [9.17, 15) is 0 Å². The van der Waals surface area contributed by atoms with Crippen LogP contribution in [0.15, 0.2) is 30.3 Å². The van der Waals surface area contributed by atoms with Gasteiger partial charge in [-0.05, 0) is 75.5 Å². The van der Waals surface area contributed by atoms with Crippen LogP contribution in [0.1, 0.15) is 80.5 Å². The van der Waals surface area contributed by atoms with Crippen molar-refractivity contribution in [3.63, 3.8) is 0 Å². The van der Waals surface area contributed by atoms with Crippen molar-refractivity contribution < 1.29 is 0 Å². The molecule has 140 valence electrons. The van der Waals surface area contributed by atoms with Crippen molar-refractivity contribution in [2.24, 2.45) is 0 Å². The van der Waals surface area contributed by atoms with E-state index in [1.807, 2.05) is 0 Å². The second-order valence-corrected chi connectivity index (χ2v) is 10.5. The Morgan fingerprint density at radius 1 is 0.654 bits per heavy atom. The number of hydrogen-bond donors (Lipinski definition) is 0. The maximum absolute atomic E-state index is 3.77. The zero-order chi connectivity index (χ0) is 19.1. The molecule has 0 aromatic heterocycles. The number of aryl methyl sites for hydroxylation is 4. The van der Waals surface area contributed by atoms with E-state index in [1.54, 1.807) is 0 Å². The molecule has 0 radical (unpaired) electrons. The molecule has 0 aliphatic heterocycles. The molecule has 2 aromatic rings. The predicted molar refractivity (Wildman–Crippen MR) is 118 cm³/mol. The van der Waals surface area contributed by atoms with Gasteiger partial charge in [-0.25, -0.2) is 0 Å². The lowest BCUT2D eigenvalue weighted by atomic mass is 9.80. The minimum Gasteiger partial charge on any atom is -0.0876 e. The van der Waals surface area contributed by atoms with E-state index in [0.29, 0.717) is 0 Å². The molecular weight excluding hydrogens is 380 g/mol. The van der Waals surface area contributed by atoms with Gasteiger partial charge in [0.15, 0.2) is 0 Å². The Kier molecular flexibility index (Phi) is 5.41. The monoisotopic (exact) mass is 412 g/mol. The first-order valence-electron chi connectivity index (χ1n) is 9.92. The van der Waals surface area contributed by atoms with Crippen molar-refractivity contribution in [3.05, 3.63) is 69.3 Å². The van der Waals surface area contributed by atoms with E-state index in [-0.39, 0.29) is 10.8 Å². The van der Waals surface area contributed by atoms with Gasteiger partial charge in [0.25, 0.3) is 0 Å². The number of fused-ring (bicyclic) bond motifs is 4. The van der Waals surface area contributed by atoms with Crippen LogP contribution in [0.3, 0.4) is 0 Å². The number of rotatable bonds is 1. The largest absolute Gasteiger partial charge is 0.0876 e. The predicted octanol–water partition coefficient (Wildman–Crippen LogP) is 7.06. The maximum atomic E-state index is 3.77. The van der Waals surface area contributed by atoms with Crippen LogP contribution in [0.2, 0.25) is 0 Å². The van der Waals surface area contributed by atoms with Gasteiger partial charge in [0.1, 0.15) is 0 Å². The molecule has 0 spiro atoms. The molecule has 26 heavy (non-hydrogen) atoms. The SMILES string of the molecule is CC(C)(C)c1cc2cc(c1)CCc1cc(C(C)(C)C)cc(c1CBr)CC2. The van der Waals surface area contributed by atoms with Crippen LogP contribution >= 0.6 is 15.9 Å². The summed E-state index contributed by atoms with van der Waals surface area (Å²) in [6.07, 6.45) is 4.52. The molecule has 1 aliphatic rings. The highest BCUT2D eigenvalue weighted by atomic mass is 79.9. The highest BCUT2D eigenvalue weighted by molar-refractivity contribution is 9.08. The van der Waals surface area contributed by atoms with E-state index >= 15 is 0 Å². The summed E-state index contributed by atoms with van der Waals surface area (Å²) in [6.45, 7) is 13.9. The number of alkyl halides is 1. The topological polar surface area (TPSA) is 0 Å².